The molecule has 1 aromatic carbocycles. The molecule has 0 saturated carbocycles. The molecule has 0 aliphatic heterocycles. The molecule has 0 spiro atoms. The fourth-order valence-corrected chi connectivity index (χ4v) is 3.89. The molecule has 9 nitrogen and oxygen atoms in total. The topological polar surface area (TPSA) is 118 Å². The van der Waals surface area contributed by atoms with E-state index in [1.54, 1.807) is 6.20 Å². The molecule has 5 aromatic rings. The number of terminal acetylenes is 1. The number of benzene rings is 1. The summed E-state index contributed by atoms with van der Waals surface area (Å²) in [4.78, 5) is 17.1. The lowest BCUT2D eigenvalue weighted by molar-refractivity contribution is 0.440. The number of fused-ring (bicyclic) bond motifs is 1. The van der Waals surface area contributed by atoms with Gasteiger partial charge in [0.15, 0.2) is 0 Å². The third-order valence-corrected chi connectivity index (χ3v) is 5.48. The van der Waals surface area contributed by atoms with Crippen LogP contribution in [-0.2, 0) is 7.05 Å². The zero-order chi connectivity index (χ0) is 23.8. The normalized spacial score (nSPS) is 10.9. The molecule has 0 radical (unpaired) electrons. The van der Waals surface area contributed by atoms with Crippen molar-refractivity contribution < 1.29 is 4.74 Å². The average molecular weight is 448 g/mol. The van der Waals surface area contributed by atoms with Gasteiger partial charge in [0.25, 0.3) is 0 Å². The van der Waals surface area contributed by atoms with Crippen molar-refractivity contribution in [2.45, 2.75) is 13.8 Å². The van der Waals surface area contributed by atoms with Crippen LogP contribution >= 0.6 is 0 Å². The number of ether oxygens (including phenoxy) is 1. The minimum Gasteiger partial charge on any atom is -0.424 e. The van der Waals surface area contributed by atoms with Crippen LogP contribution in [0.4, 0.5) is 5.82 Å². The van der Waals surface area contributed by atoms with Gasteiger partial charge in [-0.1, -0.05) is 12.1 Å². The molecule has 0 unspecified atom stereocenters. The molecular formula is C25H20N8O. The molecule has 5 rings (SSSR count). The molecule has 0 saturated heterocycles. The highest BCUT2D eigenvalue weighted by molar-refractivity contribution is 6.07. The average Bonchev–Trinajstić information content (AvgIpc) is 3.13. The van der Waals surface area contributed by atoms with Crippen LogP contribution < -0.4 is 10.5 Å². The summed E-state index contributed by atoms with van der Waals surface area (Å²) in [5, 5.41) is 9.33. The first-order valence-corrected chi connectivity index (χ1v) is 10.4. The predicted octanol–water partition coefficient (Wildman–Crippen LogP) is 3.85. The highest BCUT2D eigenvalue weighted by atomic mass is 16.5. The number of nitrogen functional groups attached to an aromatic ring is 1. The molecule has 0 aliphatic rings. The van der Waals surface area contributed by atoms with Crippen molar-refractivity contribution in [1.82, 2.24) is 34.7 Å². The van der Waals surface area contributed by atoms with E-state index in [0.29, 0.717) is 28.6 Å². The lowest BCUT2D eigenvalue weighted by atomic mass is 9.99. The smallest absolute Gasteiger partial charge is 0.322 e. The van der Waals surface area contributed by atoms with Gasteiger partial charge in [-0.25, -0.2) is 19.9 Å². The molecule has 9 heteroatoms. The Hall–Kier alpha value is -4.84. The Morgan fingerprint density at radius 2 is 1.82 bits per heavy atom. The number of aryl methyl sites for hydroxylation is 3. The zero-order valence-electron chi connectivity index (χ0n) is 18.8. The summed E-state index contributed by atoms with van der Waals surface area (Å²) in [5.41, 5.74) is 12.4. The van der Waals surface area contributed by atoms with Gasteiger partial charge in [-0.05, 0) is 55.2 Å². The number of aromatic nitrogens is 7. The molecule has 166 valence electrons. The molecule has 34 heavy (non-hydrogen) atoms. The second-order valence-corrected chi connectivity index (χ2v) is 7.75. The van der Waals surface area contributed by atoms with Gasteiger partial charge in [0, 0.05) is 24.5 Å². The van der Waals surface area contributed by atoms with Gasteiger partial charge in [-0.15, -0.1) is 16.6 Å². The standard InChI is InChI=1S/C25H20N8O/c1-5-17-12-14(2)21(32-31-17)22-19(20-23(26)28-13-29-24(20)33(22)4)16-6-8-18(9-7-16)34-25-27-11-10-15(3)30-25/h1,6-13H,2-4H3,(H2,26,28,29). The highest BCUT2D eigenvalue weighted by Gasteiger charge is 2.24. The van der Waals surface area contributed by atoms with Gasteiger partial charge in [-0.3, -0.25) is 0 Å². The number of anilines is 1. The number of rotatable bonds is 4. The summed E-state index contributed by atoms with van der Waals surface area (Å²) in [5.74, 6) is 3.51. The Morgan fingerprint density at radius 1 is 1.03 bits per heavy atom. The quantitative estimate of drug-likeness (QED) is 0.412. The molecular weight excluding hydrogens is 428 g/mol. The Balaban J connectivity index is 1.67. The van der Waals surface area contributed by atoms with Crippen LogP contribution in [0.2, 0.25) is 0 Å². The fourth-order valence-electron chi connectivity index (χ4n) is 3.89. The number of nitrogens with zero attached hydrogens (tertiary/aromatic N) is 7. The van der Waals surface area contributed by atoms with Crippen molar-refractivity contribution in [3.63, 3.8) is 0 Å². The van der Waals surface area contributed by atoms with Crippen molar-refractivity contribution in [1.29, 1.82) is 0 Å². The first kappa shape index (κ1) is 21.0. The summed E-state index contributed by atoms with van der Waals surface area (Å²) in [6, 6.07) is 11.5. The van der Waals surface area contributed by atoms with E-state index in [2.05, 4.69) is 36.1 Å². The molecule has 0 aliphatic carbocycles. The molecule has 0 bridgehead atoms. The Kier molecular flexibility index (Phi) is 5.11. The van der Waals surface area contributed by atoms with E-state index in [0.717, 1.165) is 33.5 Å². The van der Waals surface area contributed by atoms with Gasteiger partial charge < -0.3 is 15.0 Å². The minimum atomic E-state index is 0.288. The van der Waals surface area contributed by atoms with E-state index in [9.17, 15) is 0 Å². The molecule has 0 fully saturated rings. The molecule has 0 atom stereocenters. The lowest BCUT2D eigenvalue weighted by Crippen LogP contribution is -2.01. The highest BCUT2D eigenvalue weighted by Crippen LogP contribution is 2.42. The van der Waals surface area contributed by atoms with E-state index in [1.807, 2.05) is 61.9 Å². The van der Waals surface area contributed by atoms with Gasteiger partial charge in [0.05, 0.1) is 11.1 Å². The summed E-state index contributed by atoms with van der Waals surface area (Å²) < 4.78 is 7.75. The van der Waals surface area contributed by atoms with Gasteiger partial charge in [0.2, 0.25) is 0 Å². The Labute approximate surface area is 195 Å². The summed E-state index contributed by atoms with van der Waals surface area (Å²) in [7, 11) is 1.91. The van der Waals surface area contributed by atoms with E-state index in [-0.39, 0.29) is 6.01 Å². The maximum Gasteiger partial charge on any atom is 0.322 e. The third-order valence-electron chi connectivity index (χ3n) is 5.48. The molecule has 0 amide bonds. The molecule has 4 heterocycles. The summed E-state index contributed by atoms with van der Waals surface area (Å²) in [6.07, 6.45) is 8.61. The Bertz CT molecular complexity index is 1580. The SMILES string of the molecule is C#Cc1cc(C)c(-c2c(-c3ccc(Oc4nccc(C)n4)cc3)c3c(N)ncnc3n2C)nn1. The number of hydrogen-bond acceptors (Lipinski definition) is 8. The van der Waals surface area contributed by atoms with Gasteiger partial charge >= 0.3 is 6.01 Å². The third kappa shape index (κ3) is 3.57. The monoisotopic (exact) mass is 448 g/mol. The van der Waals surface area contributed by atoms with Crippen LogP contribution in [0.15, 0.2) is 48.9 Å². The van der Waals surface area contributed by atoms with Gasteiger partial charge in [-0.2, -0.15) is 0 Å². The summed E-state index contributed by atoms with van der Waals surface area (Å²) in [6.45, 7) is 3.83. The van der Waals surface area contributed by atoms with E-state index < -0.39 is 0 Å². The van der Waals surface area contributed by atoms with Crippen LogP contribution in [0, 0.1) is 26.2 Å². The maximum absolute atomic E-state index is 6.32. The summed E-state index contributed by atoms with van der Waals surface area (Å²) >= 11 is 0. The van der Waals surface area contributed by atoms with Crippen molar-refractivity contribution >= 4 is 16.9 Å². The van der Waals surface area contributed by atoms with E-state index in [4.69, 9.17) is 16.9 Å². The van der Waals surface area contributed by atoms with Gasteiger partial charge in [0.1, 0.15) is 34.9 Å². The fraction of sp³-hybridized carbons (Fsp3) is 0.120. The first-order chi connectivity index (χ1) is 16.5. The first-order valence-electron chi connectivity index (χ1n) is 10.4. The Morgan fingerprint density at radius 3 is 2.53 bits per heavy atom. The number of nitrogens with two attached hydrogens (primary N) is 1. The van der Waals surface area contributed by atoms with Crippen LogP contribution in [-0.4, -0.2) is 34.7 Å². The van der Waals surface area contributed by atoms with Crippen LogP contribution in [0.3, 0.4) is 0 Å². The van der Waals surface area contributed by atoms with Crippen LogP contribution in [0.5, 0.6) is 11.8 Å². The molecule has 2 N–H and O–H groups in total. The maximum atomic E-state index is 6.32. The van der Waals surface area contributed by atoms with E-state index in [1.165, 1.54) is 6.33 Å². The van der Waals surface area contributed by atoms with Crippen molar-refractivity contribution in [2.75, 3.05) is 5.73 Å². The van der Waals surface area contributed by atoms with E-state index >= 15 is 0 Å². The van der Waals surface area contributed by atoms with Crippen molar-refractivity contribution in [3.8, 4) is 46.6 Å². The lowest BCUT2D eigenvalue weighted by Gasteiger charge is -2.11. The van der Waals surface area contributed by atoms with Crippen LogP contribution in [0.1, 0.15) is 17.0 Å². The molecule has 4 aromatic heterocycles. The number of hydrogen-bond donors (Lipinski definition) is 1. The second kappa shape index (κ2) is 8.26. The van der Waals surface area contributed by atoms with Crippen molar-refractivity contribution in [2.24, 2.45) is 7.05 Å². The minimum absolute atomic E-state index is 0.288. The largest absolute Gasteiger partial charge is 0.424 e. The van der Waals surface area contributed by atoms with Crippen LogP contribution in [0.25, 0.3) is 33.5 Å². The zero-order valence-corrected chi connectivity index (χ0v) is 18.8. The van der Waals surface area contributed by atoms with Crippen molar-refractivity contribution in [3.05, 3.63) is 65.9 Å². The second-order valence-electron chi connectivity index (χ2n) is 7.75. The predicted molar refractivity (Wildman–Crippen MR) is 129 cm³/mol.